The van der Waals surface area contributed by atoms with Crippen molar-refractivity contribution >= 4 is 23.0 Å². The lowest BCUT2D eigenvalue weighted by Gasteiger charge is -2.18. The van der Waals surface area contributed by atoms with Gasteiger partial charge in [0, 0.05) is 25.3 Å². The molecule has 0 radical (unpaired) electrons. The zero-order valence-electron chi connectivity index (χ0n) is 14.5. The van der Waals surface area contributed by atoms with Crippen LogP contribution in [-0.4, -0.2) is 26.6 Å². The third-order valence-electron chi connectivity index (χ3n) is 3.63. The molecule has 1 amide bonds. The summed E-state index contributed by atoms with van der Waals surface area (Å²) >= 11 is 0. The maximum atomic E-state index is 12.5. The van der Waals surface area contributed by atoms with Gasteiger partial charge in [-0.2, -0.15) is 0 Å². The third kappa shape index (κ3) is 4.65. The van der Waals surface area contributed by atoms with Gasteiger partial charge in [-0.25, -0.2) is 0 Å². The lowest BCUT2D eigenvalue weighted by atomic mass is 10.1. The number of nitrogens with two attached hydrogens (primary N) is 1. The van der Waals surface area contributed by atoms with Crippen molar-refractivity contribution in [1.29, 1.82) is 0 Å². The SMILES string of the molecule is CCCCOc1ccc(C(=O)Nc2cc(N)ccc2N(C)C)cc1. The molecule has 0 fully saturated rings. The quantitative estimate of drug-likeness (QED) is 0.600. The molecule has 0 saturated heterocycles. The van der Waals surface area contributed by atoms with E-state index in [9.17, 15) is 4.79 Å². The maximum absolute atomic E-state index is 12.5. The number of nitrogens with one attached hydrogen (secondary N) is 1. The van der Waals surface area contributed by atoms with Crippen molar-refractivity contribution < 1.29 is 9.53 Å². The van der Waals surface area contributed by atoms with Gasteiger partial charge in [-0.1, -0.05) is 13.3 Å². The van der Waals surface area contributed by atoms with Gasteiger partial charge in [0.15, 0.2) is 0 Å². The molecule has 0 aliphatic carbocycles. The van der Waals surface area contributed by atoms with Crippen molar-refractivity contribution in [2.75, 3.05) is 36.7 Å². The van der Waals surface area contributed by atoms with E-state index in [-0.39, 0.29) is 5.91 Å². The molecule has 0 unspecified atom stereocenters. The molecule has 2 aromatic carbocycles. The van der Waals surface area contributed by atoms with Gasteiger partial charge in [-0.15, -0.1) is 0 Å². The molecule has 0 saturated carbocycles. The fourth-order valence-electron chi connectivity index (χ4n) is 2.28. The molecular formula is C19H25N3O2. The van der Waals surface area contributed by atoms with Crippen LogP contribution in [0.15, 0.2) is 42.5 Å². The normalized spacial score (nSPS) is 10.3. The molecule has 0 bridgehead atoms. The molecule has 5 nitrogen and oxygen atoms in total. The van der Waals surface area contributed by atoms with Crippen LogP contribution < -0.4 is 20.7 Å². The summed E-state index contributed by atoms with van der Waals surface area (Å²) in [6.45, 7) is 2.81. The van der Waals surface area contributed by atoms with Crippen LogP contribution >= 0.6 is 0 Å². The summed E-state index contributed by atoms with van der Waals surface area (Å²) in [6.07, 6.45) is 2.11. The minimum absolute atomic E-state index is 0.177. The number of benzene rings is 2. The number of carbonyl (C=O) groups is 1. The number of hydrogen-bond acceptors (Lipinski definition) is 4. The lowest BCUT2D eigenvalue weighted by molar-refractivity contribution is 0.102. The van der Waals surface area contributed by atoms with Crippen LogP contribution in [0, 0.1) is 0 Å². The topological polar surface area (TPSA) is 67.6 Å². The molecule has 0 spiro atoms. The average Bonchev–Trinajstić information content (AvgIpc) is 2.55. The summed E-state index contributed by atoms with van der Waals surface area (Å²) in [5.41, 5.74) is 8.60. The van der Waals surface area contributed by atoms with Crippen molar-refractivity contribution in [3.05, 3.63) is 48.0 Å². The highest BCUT2D eigenvalue weighted by Gasteiger charge is 2.11. The number of ether oxygens (including phenoxy) is 1. The van der Waals surface area contributed by atoms with Gasteiger partial charge < -0.3 is 20.7 Å². The Labute approximate surface area is 143 Å². The van der Waals surface area contributed by atoms with Gasteiger partial charge in [0.1, 0.15) is 5.75 Å². The second kappa shape index (κ2) is 8.24. The summed E-state index contributed by atoms with van der Waals surface area (Å²) in [5, 5.41) is 2.92. The zero-order chi connectivity index (χ0) is 17.5. The van der Waals surface area contributed by atoms with Crippen LogP contribution in [0.3, 0.4) is 0 Å². The molecule has 24 heavy (non-hydrogen) atoms. The van der Waals surface area contributed by atoms with Crippen LogP contribution in [0.1, 0.15) is 30.1 Å². The van der Waals surface area contributed by atoms with E-state index >= 15 is 0 Å². The Kier molecular flexibility index (Phi) is 6.07. The van der Waals surface area contributed by atoms with E-state index in [1.165, 1.54) is 0 Å². The van der Waals surface area contributed by atoms with Gasteiger partial charge in [0.05, 0.1) is 18.0 Å². The van der Waals surface area contributed by atoms with E-state index in [0.29, 0.717) is 23.5 Å². The molecule has 0 aliphatic rings. The molecule has 5 heteroatoms. The first-order chi connectivity index (χ1) is 11.5. The highest BCUT2D eigenvalue weighted by atomic mass is 16.5. The Morgan fingerprint density at radius 2 is 1.88 bits per heavy atom. The smallest absolute Gasteiger partial charge is 0.255 e. The molecule has 2 aromatic rings. The first-order valence-electron chi connectivity index (χ1n) is 8.12. The van der Waals surface area contributed by atoms with Gasteiger partial charge in [0.25, 0.3) is 5.91 Å². The summed E-state index contributed by atoms with van der Waals surface area (Å²) in [5.74, 6) is 0.599. The molecule has 128 valence electrons. The Morgan fingerprint density at radius 1 is 1.17 bits per heavy atom. The average molecular weight is 327 g/mol. The van der Waals surface area contributed by atoms with Gasteiger partial charge in [-0.05, 0) is 48.9 Å². The Bertz CT molecular complexity index is 682. The fraction of sp³-hybridized carbons (Fsp3) is 0.316. The summed E-state index contributed by atoms with van der Waals surface area (Å²) in [4.78, 5) is 14.4. The highest BCUT2D eigenvalue weighted by Crippen LogP contribution is 2.27. The van der Waals surface area contributed by atoms with E-state index in [1.54, 1.807) is 18.2 Å². The predicted octanol–water partition coefficient (Wildman–Crippen LogP) is 3.77. The molecule has 0 heterocycles. The van der Waals surface area contributed by atoms with Gasteiger partial charge >= 0.3 is 0 Å². The molecular weight excluding hydrogens is 302 g/mol. The number of unbranched alkanes of at least 4 members (excludes halogenated alkanes) is 1. The number of amides is 1. The monoisotopic (exact) mass is 327 g/mol. The highest BCUT2D eigenvalue weighted by molar-refractivity contribution is 6.06. The van der Waals surface area contributed by atoms with Gasteiger partial charge in [0.2, 0.25) is 0 Å². The van der Waals surface area contributed by atoms with Crippen molar-refractivity contribution in [1.82, 2.24) is 0 Å². The molecule has 0 atom stereocenters. The second-order valence-electron chi connectivity index (χ2n) is 5.85. The second-order valence-corrected chi connectivity index (χ2v) is 5.85. The predicted molar refractivity (Wildman–Crippen MR) is 100.0 cm³/mol. The van der Waals surface area contributed by atoms with Crippen LogP contribution in [0.5, 0.6) is 5.75 Å². The van der Waals surface area contributed by atoms with Crippen LogP contribution in [0.2, 0.25) is 0 Å². The van der Waals surface area contributed by atoms with E-state index in [0.717, 1.165) is 24.3 Å². The Morgan fingerprint density at radius 3 is 2.50 bits per heavy atom. The molecule has 3 N–H and O–H groups in total. The van der Waals surface area contributed by atoms with Crippen LogP contribution in [-0.2, 0) is 0 Å². The largest absolute Gasteiger partial charge is 0.494 e. The first kappa shape index (κ1) is 17.7. The standard InChI is InChI=1S/C19H25N3O2/c1-4-5-12-24-16-9-6-14(7-10-16)19(23)21-17-13-15(20)8-11-18(17)22(2)3/h6-11,13H,4-5,12,20H2,1-3H3,(H,21,23). The molecule has 2 rings (SSSR count). The number of hydrogen-bond donors (Lipinski definition) is 2. The lowest BCUT2D eigenvalue weighted by Crippen LogP contribution is -2.17. The zero-order valence-corrected chi connectivity index (χ0v) is 14.5. The summed E-state index contributed by atoms with van der Waals surface area (Å²) in [6, 6.07) is 12.6. The number of nitrogens with zero attached hydrogens (tertiary/aromatic N) is 1. The van der Waals surface area contributed by atoms with Crippen molar-refractivity contribution in [2.24, 2.45) is 0 Å². The minimum atomic E-state index is -0.177. The summed E-state index contributed by atoms with van der Waals surface area (Å²) < 4.78 is 5.61. The van der Waals surface area contributed by atoms with Crippen LogP contribution in [0.4, 0.5) is 17.1 Å². The first-order valence-corrected chi connectivity index (χ1v) is 8.12. The van der Waals surface area contributed by atoms with E-state index in [4.69, 9.17) is 10.5 Å². The Balaban J connectivity index is 2.08. The fourth-order valence-corrected chi connectivity index (χ4v) is 2.28. The molecule has 0 aromatic heterocycles. The minimum Gasteiger partial charge on any atom is -0.494 e. The van der Waals surface area contributed by atoms with E-state index in [2.05, 4.69) is 12.2 Å². The van der Waals surface area contributed by atoms with Crippen LogP contribution in [0.25, 0.3) is 0 Å². The summed E-state index contributed by atoms with van der Waals surface area (Å²) in [7, 11) is 3.84. The van der Waals surface area contributed by atoms with Gasteiger partial charge in [-0.3, -0.25) is 4.79 Å². The van der Waals surface area contributed by atoms with Crippen molar-refractivity contribution in [2.45, 2.75) is 19.8 Å². The maximum Gasteiger partial charge on any atom is 0.255 e. The van der Waals surface area contributed by atoms with Crippen molar-refractivity contribution in [3.63, 3.8) is 0 Å². The van der Waals surface area contributed by atoms with E-state index in [1.807, 2.05) is 43.3 Å². The van der Waals surface area contributed by atoms with E-state index < -0.39 is 0 Å². The molecule has 0 aliphatic heterocycles. The third-order valence-corrected chi connectivity index (χ3v) is 3.63. The number of carbonyl (C=O) groups excluding carboxylic acids is 1. The Hall–Kier alpha value is -2.69. The number of rotatable bonds is 7. The number of anilines is 3. The van der Waals surface area contributed by atoms with Crippen molar-refractivity contribution in [3.8, 4) is 5.75 Å². The number of nitrogen functional groups attached to an aromatic ring is 1.